The molecule has 4 aliphatic rings. The number of aliphatic hydroxyl groups is 2. The molecule has 7 atom stereocenters. The lowest BCUT2D eigenvalue weighted by Crippen LogP contribution is -2.54. The van der Waals surface area contributed by atoms with Crippen molar-refractivity contribution in [2.45, 2.75) is 81.8 Å². The fraction of sp³-hybridized carbons (Fsp3) is 0.952. The van der Waals surface area contributed by atoms with Crippen LogP contribution in [0.2, 0.25) is 0 Å². The largest absolute Gasteiger partial charge is 0.352 e. The van der Waals surface area contributed by atoms with Gasteiger partial charge in [-0.05, 0) is 108 Å². The molecule has 2 N–H and O–H groups in total. The van der Waals surface area contributed by atoms with Crippen molar-refractivity contribution in [2.75, 3.05) is 0 Å². The van der Waals surface area contributed by atoms with E-state index in [9.17, 15) is 15.0 Å². The van der Waals surface area contributed by atoms with Crippen LogP contribution in [0.4, 0.5) is 0 Å². The average molecular weight is 460 g/mol. The van der Waals surface area contributed by atoms with Gasteiger partial charge in [0, 0.05) is 5.92 Å². The van der Waals surface area contributed by atoms with Gasteiger partial charge in [0.1, 0.15) is 0 Å². The predicted molar refractivity (Wildman–Crippen MR) is 106 cm³/mol. The molecule has 0 amide bonds. The van der Waals surface area contributed by atoms with Crippen molar-refractivity contribution in [3.63, 3.8) is 0 Å². The van der Waals surface area contributed by atoms with Crippen LogP contribution in [0.25, 0.3) is 0 Å². The highest BCUT2D eigenvalue weighted by molar-refractivity contribution is 14.1. The van der Waals surface area contributed by atoms with E-state index in [1.807, 2.05) is 0 Å². The van der Waals surface area contributed by atoms with E-state index in [-0.39, 0.29) is 17.1 Å². The average Bonchev–Trinajstić information content (AvgIpc) is 2.89. The third kappa shape index (κ3) is 2.75. The standard InChI is InChI=1S/C21H33IO3/c1-19-11-4-3-5-13(19)6-7-14-15-8-9-17(18(23)21(22,24)25)20(15,2)12-10-16(14)19/h13-17,24-25H,3-12H2,1-2H3/t13?,14-,15-,16-,17-,19-,20-/m0/s1. The maximum absolute atomic E-state index is 12.7. The molecule has 0 aromatic carbocycles. The molecule has 25 heavy (non-hydrogen) atoms. The molecule has 0 aromatic rings. The van der Waals surface area contributed by atoms with Gasteiger partial charge >= 0.3 is 0 Å². The highest BCUT2D eigenvalue weighted by Gasteiger charge is 2.61. The number of ketones is 1. The maximum atomic E-state index is 12.7. The molecule has 0 radical (unpaired) electrons. The highest BCUT2D eigenvalue weighted by Crippen LogP contribution is 2.67. The number of carbonyl (C=O) groups is 1. The van der Waals surface area contributed by atoms with Crippen LogP contribution >= 0.6 is 22.6 Å². The van der Waals surface area contributed by atoms with E-state index in [1.54, 1.807) is 0 Å². The van der Waals surface area contributed by atoms with E-state index in [2.05, 4.69) is 13.8 Å². The molecule has 4 fully saturated rings. The smallest absolute Gasteiger partial charge is 0.278 e. The molecule has 4 saturated carbocycles. The van der Waals surface area contributed by atoms with Crippen molar-refractivity contribution in [2.24, 2.45) is 40.4 Å². The van der Waals surface area contributed by atoms with Crippen LogP contribution in [0.15, 0.2) is 0 Å². The predicted octanol–water partition coefficient (Wildman–Crippen LogP) is 4.68. The van der Waals surface area contributed by atoms with Crippen LogP contribution in [0.5, 0.6) is 0 Å². The van der Waals surface area contributed by atoms with Crippen molar-refractivity contribution < 1.29 is 15.0 Å². The normalized spacial score (nSPS) is 49.9. The maximum Gasteiger partial charge on any atom is 0.278 e. The summed E-state index contributed by atoms with van der Waals surface area (Å²) in [6.07, 6.45) is 12.6. The SMILES string of the molecule is C[C@]12CC[C@H]3[C@@H](CCC4CCCC[C@@]43C)[C@@H]1CC[C@H]2C(=O)C(O)(O)I. The quantitative estimate of drug-likeness (QED) is 0.358. The molecule has 0 aromatic heterocycles. The van der Waals surface area contributed by atoms with Gasteiger partial charge < -0.3 is 10.2 Å². The Bertz CT molecular complexity index is 556. The summed E-state index contributed by atoms with van der Waals surface area (Å²) < 4.78 is -2.20. The Morgan fingerprint density at radius 3 is 2.36 bits per heavy atom. The molecule has 3 nitrogen and oxygen atoms in total. The first-order chi connectivity index (χ1) is 11.7. The van der Waals surface area contributed by atoms with E-state index in [1.165, 1.54) is 67.5 Å². The molecule has 0 aliphatic heterocycles. The Balaban J connectivity index is 1.61. The summed E-state index contributed by atoms with van der Waals surface area (Å²) in [7, 11) is 0. The Hall–Kier alpha value is 0.320. The number of alkyl halides is 1. The Kier molecular flexibility index (Phi) is 4.60. The molecule has 1 unspecified atom stereocenters. The lowest BCUT2D eigenvalue weighted by molar-refractivity contribution is -0.162. The number of rotatable bonds is 2. The lowest BCUT2D eigenvalue weighted by Gasteiger charge is -2.60. The van der Waals surface area contributed by atoms with E-state index < -0.39 is 3.79 Å². The fourth-order valence-electron chi connectivity index (χ4n) is 7.95. The van der Waals surface area contributed by atoms with Gasteiger partial charge in [-0.25, -0.2) is 0 Å². The zero-order chi connectivity index (χ0) is 18.0. The Labute approximate surface area is 165 Å². The van der Waals surface area contributed by atoms with Gasteiger partial charge in [0.05, 0.1) is 0 Å². The molecule has 0 heterocycles. The van der Waals surface area contributed by atoms with Gasteiger partial charge in [0.2, 0.25) is 5.78 Å². The Morgan fingerprint density at radius 1 is 0.920 bits per heavy atom. The number of fused-ring (bicyclic) bond motifs is 5. The number of hydrogen-bond donors (Lipinski definition) is 2. The molecule has 4 aliphatic carbocycles. The first kappa shape index (κ1) is 18.7. The van der Waals surface area contributed by atoms with E-state index in [0.29, 0.717) is 11.3 Å². The number of halogens is 1. The second-order valence-corrected chi connectivity index (χ2v) is 11.5. The monoisotopic (exact) mass is 460 g/mol. The van der Waals surface area contributed by atoms with Crippen LogP contribution in [-0.2, 0) is 4.79 Å². The molecule has 0 saturated heterocycles. The van der Waals surface area contributed by atoms with E-state index >= 15 is 0 Å². The minimum absolute atomic E-state index is 0.0298. The summed E-state index contributed by atoms with van der Waals surface area (Å²) in [6.45, 7) is 4.85. The minimum Gasteiger partial charge on any atom is -0.352 e. The van der Waals surface area contributed by atoms with Crippen LogP contribution in [-0.4, -0.2) is 19.8 Å². The lowest BCUT2D eigenvalue weighted by atomic mass is 9.45. The molecule has 142 valence electrons. The van der Waals surface area contributed by atoms with Gasteiger partial charge in [-0.2, -0.15) is 0 Å². The molecule has 0 bridgehead atoms. The van der Waals surface area contributed by atoms with Crippen LogP contribution in [0.3, 0.4) is 0 Å². The fourth-order valence-corrected chi connectivity index (χ4v) is 8.32. The third-order valence-corrected chi connectivity index (χ3v) is 9.74. The van der Waals surface area contributed by atoms with Gasteiger partial charge in [-0.3, -0.25) is 4.79 Å². The van der Waals surface area contributed by atoms with Crippen molar-refractivity contribution in [3.05, 3.63) is 0 Å². The first-order valence-corrected chi connectivity index (χ1v) is 11.4. The Morgan fingerprint density at radius 2 is 1.64 bits per heavy atom. The zero-order valence-electron chi connectivity index (χ0n) is 15.6. The highest BCUT2D eigenvalue weighted by atomic mass is 127. The summed E-state index contributed by atoms with van der Waals surface area (Å²) in [4.78, 5) is 12.7. The molecular formula is C21H33IO3. The molecule has 4 heteroatoms. The molecular weight excluding hydrogens is 427 g/mol. The summed E-state index contributed by atoms with van der Waals surface area (Å²) in [5.41, 5.74) is 0.490. The van der Waals surface area contributed by atoms with Gasteiger partial charge in [0.25, 0.3) is 3.79 Å². The zero-order valence-corrected chi connectivity index (χ0v) is 17.8. The second-order valence-electron chi connectivity index (χ2n) is 10.0. The number of Topliss-reactive ketones (excluding diaryl/α,β-unsaturated/α-hetero) is 1. The number of carbonyl (C=O) groups excluding carboxylic acids is 1. The van der Waals surface area contributed by atoms with Crippen molar-refractivity contribution in [1.82, 2.24) is 0 Å². The van der Waals surface area contributed by atoms with Crippen LogP contribution in [0, 0.1) is 40.4 Å². The summed E-state index contributed by atoms with van der Waals surface area (Å²) in [6, 6.07) is 0. The van der Waals surface area contributed by atoms with Crippen molar-refractivity contribution in [1.29, 1.82) is 0 Å². The summed E-state index contributed by atoms with van der Waals surface area (Å²) in [5, 5.41) is 19.7. The van der Waals surface area contributed by atoms with Gasteiger partial charge in [-0.15, -0.1) is 0 Å². The summed E-state index contributed by atoms with van der Waals surface area (Å²) in [5.74, 6) is 2.56. The van der Waals surface area contributed by atoms with Gasteiger partial charge in [0.15, 0.2) is 0 Å². The second kappa shape index (κ2) is 6.16. The number of hydrogen-bond acceptors (Lipinski definition) is 3. The molecule has 0 spiro atoms. The first-order valence-electron chi connectivity index (χ1n) is 10.4. The van der Waals surface area contributed by atoms with Crippen LogP contribution in [0.1, 0.15) is 78.1 Å². The van der Waals surface area contributed by atoms with E-state index in [4.69, 9.17) is 0 Å². The van der Waals surface area contributed by atoms with Gasteiger partial charge in [-0.1, -0.05) is 26.7 Å². The van der Waals surface area contributed by atoms with E-state index in [0.717, 1.165) is 37.0 Å². The molecule has 4 rings (SSSR count). The minimum atomic E-state index is -2.20. The van der Waals surface area contributed by atoms with Crippen LogP contribution < -0.4 is 0 Å². The topological polar surface area (TPSA) is 57.5 Å². The third-order valence-electron chi connectivity index (χ3n) is 9.21. The van der Waals surface area contributed by atoms with Crippen molar-refractivity contribution >= 4 is 28.4 Å². The summed E-state index contributed by atoms with van der Waals surface area (Å²) >= 11 is 1.49. The van der Waals surface area contributed by atoms with Crippen molar-refractivity contribution in [3.8, 4) is 0 Å².